The second-order valence-corrected chi connectivity index (χ2v) is 7.56. The van der Waals surface area contributed by atoms with Gasteiger partial charge in [-0.15, -0.1) is 0 Å². The molecule has 5 nitrogen and oxygen atoms in total. The highest BCUT2D eigenvalue weighted by molar-refractivity contribution is 9.10. The van der Waals surface area contributed by atoms with Gasteiger partial charge >= 0.3 is 0 Å². The molecule has 0 spiro atoms. The molecule has 0 saturated carbocycles. The molecule has 1 aliphatic heterocycles. The van der Waals surface area contributed by atoms with E-state index >= 15 is 0 Å². The lowest BCUT2D eigenvalue weighted by atomic mass is 10.1. The predicted molar refractivity (Wildman–Crippen MR) is 81.5 cm³/mol. The number of hydrogen-bond donors (Lipinski definition) is 1. The lowest BCUT2D eigenvalue weighted by molar-refractivity contribution is 0.248. The average Bonchev–Trinajstić information content (AvgIpc) is 2.41. The summed E-state index contributed by atoms with van der Waals surface area (Å²) in [5.41, 5.74) is 0. The van der Waals surface area contributed by atoms with E-state index in [0.717, 1.165) is 25.9 Å². The number of methoxy groups -OCH3 is 1. The third-order valence-electron chi connectivity index (χ3n) is 3.47. The average molecular weight is 363 g/mol. The SMILES string of the molecule is COc1ccc(S(=O)(=O)NC2CCN(C)CC2)cc1Br. The van der Waals surface area contributed by atoms with Crippen molar-refractivity contribution in [3.05, 3.63) is 22.7 Å². The van der Waals surface area contributed by atoms with E-state index in [2.05, 4.69) is 25.6 Å². The summed E-state index contributed by atoms with van der Waals surface area (Å²) in [6, 6.07) is 4.78. The van der Waals surface area contributed by atoms with Crippen molar-refractivity contribution >= 4 is 26.0 Å². The summed E-state index contributed by atoms with van der Waals surface area (Å²) in [7, 11) is 0.115. The number of hydrogen-bond acceptors (Lipinski definition) is 4. The number of halogens is 1. The highest BCUT2D eigenvalue weighted by atomic mass is 79.9. The molecule has 7 heteroatoms. The van der Waals surface area contributed by atoms with Crippen LogP contribution < -0.4 is 9.46 Å². The van der Waals surface area contributed by atoms with E-state index in [4.69, 9.17) is 4.74 Å². The van der Waals surface area contributed by atoms with Crippen molar-refractivity contribution in [2.75, 3.05) is 27.2 Å². The van der Waals surface area contributed by atoms with Gasteiger partial charge in [0.2, 0.25) is 10.0 Å². The normalized spacial score (nSPS) is 18.1. The Kier molecular flexibility index (Phi) is 5.06. The maximum atomic E-state index is 12.3. The smallest absolute Gasteiger partial charge is 0.240 e. The van der Waals surface area contributed by atoms with Crippen molar-refractivity contribution in [1.82, 2.24) is 9.62 Å². The van der Waals surface area contributed by atoms with Crippen molar-refractivity contribution in [1.29, 1.82) is 0 Å². The Labute approximate surface area is 128 Å². The first kappa shape index (κ1) is 15.8. The number of ether oxygens (including phenoxy) is 1. The number of rotatable bonds is 4. The molecule has 20 heavy (non-hydrogen) atoms. The van der Waals surface area contributed by atoms with Crippen LogP contribution in [0.25, 0.3) is 0 Å². The number of sulfonamides is 1. The fraction of sp³-hybridized carbons (Fsp3) is 0.538. The van der Waals surface area contributed by atoms with Crippen LogP contribution in [0, 0.1) is 0 Å². The van der Waals surface area contributed by atoms with Gasteiger partial charge in [-0.25, -0.2) is 13.1 Å². The van der Waals surface area contributed by atoms with Gasteiger partial charge in [-0.05, 0) is 67.1 Å². The first-order valence-electron chi connectivity index (χ1n) is 6.47. The van der Waals surface area contributed by atoms with Crippen LogP contribution >= 0.6 is 15.9 Å². The molecule has 2 rings (SSSR count). The monoisotopic (exact) mass is 362 g/mol. The minimum atomic E-state index is -3.48. The van der Waals surface area contributed by atoms with Crippen molar-refractivity contribution in [3.63, 3.8) is 0 Å². The zero-order valence-corrected chi connectivity index (χ0v) is 14.0. The van der Waals surface area contributed by atoms with E-state index in [1.807, 2.05) is 7.05 Å². The maximum Gasteiger partial charge on any atom is 0.240 e. The van der Waals surface area contributed by atoms with Gasteiger partial charge in [0, 0.05) is 6.04 Å². The second-order valence-electron chi connectivity index (χ2n) is 5.00. The minimum absolute atomic E-state index is 0.0112. The summed E-state index contributed by atoms with van der Waals surface area (Å²) in [5, 5.41) is 0. The summed E-state index contributed by atoms with van der Waals surface area (Å²) in [6.45, 7) is 1.83. The molecule has 1 saturated heterocycles. The molecular weight excluding hydrogens is 344 g/mol. The molecule has 1 aromatic carbocycles. The van der Waals surface area contributed by atoms with Crippen LogP contribution in [0.15, 0.2) is 27.6 Å². The standard InChI is InChI=1S/C13H19BrN2O3S/c1-16-7-5-10(6-8-16)15-20(17,18)11-3-4-13(19-2)12(14)9-11/h3-4,9-10,15H,5-8H2,1-2H3. The van der Waals surface area contributed by atoms with Crippen LogP contribution in [0.2, 0.25) is 0 Å². The van der Waals surface area contributed by atoms with Crippen molar-refractivity contribution in [2.45, 2.75) is 23.8 Å². The molecule has 0 bridgehead atoms. The number of benzene rings is 1. The molecule has 0 atom stereocenters. The first-order chi connectivity index (χ1) is 9.42. The summed E-state index contributed by atoms with van der Waals surface area (Å²) >= 11 is 3.31. The van der Waals surface area contributed by atoms with Gasteiger partial charge in [0.25, 0.3) is 0 Å². The Morgan fingerprint density at radius 1 is 1.35 bits per heavy atom. The van der Waals surface area contributed by atoms with Crippen LogP contribution in [-0.4, -0.2) is 46.6 Å². The zero-order valence-electron chi connectivity index (χ0n) is 11.6. The van der Waals surface area contributed by atoms with E-state index in [1.165, 1.54) is 0 Å². The van der Waals surface area contributed by atoms with E-state index < -0.39 is 10.0 Å². The van der Waals surface area contributed by atoms with Crippen LogP contribution in [0.3, 0.4) is 0 Å². The Hall–Kier alpha value is -0.630. The Bertz CT molecular complexity index is 569. The predicted octanol–water partition coefficient (Wildman–Crippen LogP) is 1.83. The van der Waals surface area contributed by atoms with E-state index in [0.29, 0.717) is 10.2 Å². The van der Waals surface area contributed by atoms with Crippen molar-refractivity contribution in [2.24, 2.45) is 0 Å². The van der Waals surface area contributed by atoms with Gasteiger partial charge in [0.05, 0.1) is 16.5 Å². The Morgan fingerprint density at radius 3 is 2.55 bits per heavy atom. The highest BCUT2D eigenvalue weighted by Gasteiger charge is 2.23. The third-order valence-corrected chi connectivity index (χ3v) is 5.61. The Balaban J connectivity index is 2.12. The van der Waals surface area contributed by atoms with E-state index in [1.54, 1.807) is 25.3 Å². The lowest BCUT2D eigenvalue weighted by Crippen LogP contribution is -2.43. The number of nitrogens with one attached hydrogen (secondary N) is 1. The van der Waals surface area contributed by atoms with Crippen LogP contribution in [-0.2, 0) is 10.0 Å². The maximum absolute atomic E-state index is 12.3. The van der Waals surface area contributed by atoms with Gasteiger partial charge < -0.3 is 9.64 Å². The van der Waals surface area contributed by atoms with Gasteiger partial charge in [-0.3, -0.25) is 0 Å². The van der Waals surface area contributed by atoms with Crippen LogP contribution in [0.1, 0.15) is 12.8 Å². The van der Waals surface area contributed by atoms with Gasteiger partial charge in [-0.1, -0.05) is 0 Å². The largest absolute Gasteiger partial charge is 0.496 e. The summed E-state index contributed by atoms with van der Waals surface area (Å²) in [5.74, 6) is 0.614. The molecule has 112 valence electrons. The molecule has 1 heterocycles. The lowest BCUT2D eigenvalue weighted by Gasteiger charge is -2.29. The fourth-order valence-electron chi connectivity index (χ4n) is 2.23. The van der Waals surface area contributed by atoms with Crippen molar-refractivity contribution < 1.29 is 13.2 Å². The highest BCUT2D eigenvalue weighted by Crippen LogP contribution is 2.27. The summed E-state index contributed by atoms with van der Waals surface area (Å²) < 4.78 is 33.2. The number of nitrogens with zero attached hydrogens (tertiary/aromatic N) is 1. The number of likely N-dealkylation sites (tertiary alicyclic amines) is 1. The van der Waals surface area contributed by atoms with E-state index in [-0.39, 0.29) is 10.9 Å². The van der Waals surface area contributed by atoms with Crippen LogP contribution in [0.5, 0.6) is 5.75 Å². The van der Waals surface area contributed by atoms with Gasteiger partial charge in [0.15, 0.2) is 0 Å². The minimum Gasteiger partial charge on any atom is -0.496 e. The summed E-state index contributed by atoms with van der Waals surface area (Å²) in [4.78, 5) is 2.46. The molecule has 0 aromatic heterocycles. The molecule has 1 aromatic rings. The molecule has 0 radical (unpaired) electrons. The van der Waals surface area contributed by atoms with Gasteiger partial charge in [-0.2, -0.15) is 0 Å². The van der Waals surface area contributed by atoms with E-state index in [9.17, 15) is 8.42 Å². The Morgan fingerprint density at radius 2 is 2.00 bits per heavy atom. The molecule has 0 amide bonds. The zero-order chi connectivity index (χ0) is 14.8. The van der Waals surface area contributed by atoms with Crippen molar-refractivity contribution in [3.8, 4) is 5.75 Å². The first-order valence-corrected chi connectivity index (χ1v) is 8.74. The fourth-order valence-corrected chi connectivity index (χ4v) is 4.25. The van der Waals surface area contributed by atoms with Gasteiger partial charge in [0.1, 0.15) is 5.75 Å². The van der Waals surface area contributed by atoms with Crippen LogP contribution in [0.4, 0.5) is 0 Å². The molecule has 1 aliphatic rings. The molecule has 1 N–H and O–H groups in total. The second kappa shape index (κ2) is 6.43. The molecular formula is C13H19BrN2O3S. The third kappa shape index (κ3) is 3.72. The molecule has 0 aliphatic carbocycles. The quantitative estimate of drug-likeness (QED) is 0.887. The topological polar surface area (TPSA) is 58.6 Å². The number of piperidine rings is 1. The molecule has 1 fully saturated rings. The molecule has 0 unspecified atom stereocenters. The summed E-state index contributed by atoms with van der Waals surface area (Å²) in [6.07, 6.45) is 1.68.